The second-order valence-electron chi connectivity index (χ2n) is 2.30. The van der Waals surface area contributed by atoms with Crippen LogP contribution in [0.25, 0.3) is 0 Å². The SMILES string of the molecule is CC.CC1N=CNc2ccoc21. The van der Waals surface area contributed by atoms with Crippen molar-refractivity contribution >= 4 is 12.0 Å². The summed E-state index contributed by atoms with van der Waals surface area (Å²) in [6, 6.07) is 2.06. The van der Waals surface area contributed by atoms with Crippen LogP contribution in [-0.2, 0) is 0 Å². The highest BCUT2D eigenvalue weighted by Gasteiger charge is 2.14. The number of nitrogens with zero attached hydrogens (tertiary/aromatic N) is 1. The lowest BCUT2D eigenvalue weighted by Crippen LogP contribution is -2.05. The number of hydrogen-bond acceptors (Lipinski definition) is 3. The molecule has 12 heavy (non-hydrogen) atoms. The van der Waals surface area contributed by atoms with Crippen molar-refractivity contribution in [2.75, 3.05) is 5.32 Å². The summed E-state index contributed by atoms with van der Waals surface area (Å²) in [6.07, 6.45) is 3.37. The summed E-state index contributed by atoms with van der Waals surface area (Å²) in [4.78, 5) is 4.11. The van der Waals surface area contributed by atoms with E-state index in [1.807, 2.05) is 26.8 Å². The maximum atomic E-state index is 5.19. The second-order valence-corrected chi connectivity index (χ2v) is 2.30. The lowest BCUT2D eigenvalue weighted by molar-refractivity contribution is 0.481. The molecule has 0 saturated heterocycles. The van der Waals surface area contributed by atoms with Crippen molar-refractivity contribution in [1.29, 1.82) is 0 Å². The molecule has 0 saturated carbocycles. The van der Waals surface area contributed by atoms with Crippen LogP contribution in [0.3, 0.4) is 0 Å². The van der Waals surface area contributed by atoms with Crippen molar-refractivity contribution in [3.05, 3.63) is 18.1 Å². The molecule has 0 radical (unpaired) electrons. The number of hydrogen-bond donors (Lipinski definition) is 1. The molecule has 1 atom stereocenters. The van der Waals surface area contributed by atoms with Gasteiger partial charge in [0.1, 0.15) is 6.04 Å². The Morgan fingerprint density at radius 3 is 2.92 bits per heavy atom. The maximum absolute atomic E-state index is 5.19. The van der Waals surface area contributed by atoms with Crippen LogP contribution < -0.4 is 5.32 Å². The lowest BCUT2D eigenvalue weighted by atomic mass is 10.2. The molecule has 1 unspecified atom stereocenters. The summed E-state index contributed by atoms with van der Waals surface area (Å²) in [5, 5.41) is 2.99. The molecular weight excluding hydrogens is 152 g/mol. The number of aliphatic imine (C=N–C) groups is 1. The number of nitrogens with one attached hydrogen (secondary N) is 1. The van der Waals surface area contributed by atoms with E-state index in [-0.39, 0.29) is 6.04 Å². The van der Waals surface area contributed by atoms with Crippen molar-refractivity contribution in [3.8, 4) is 0 Å². The van der Waals surface area contributed by atoms with Gasteiger partial charge in [-0.25, -0.2) is 0 Å². The zero-order valence-corrected chi connectivity index (χ0v) is 7.66. The first kappa shape index (κ1) is 8.84. The van der Waals surface area contributed by atoms with Gasteiger partial charge in [-0.1, -0.05) is 13.8 Å². The Hall–Kier alpha value is -1.25. The molecule has 0 bridgehead atoms. The molecule has 0 amide bonds. The van der Waals surface area contributed by atoms with Gasteiger partial charge in [0.25, 0.3) is 0 Å². The third-order valence-electron chi connectivity index (χ3n) is 1.59. The smallest absolute Gasteiger partial charge is 0.151 e. The quantitative estimate of drug-likeness (QED) is 0.643. The summed E-state index contributed by atoms with van der Waals surface area (Å²) in [5.74, 6) is 0.919. The molecule has 0 spiro atoms. The van der Waals surface area contributed by atoms with E-state index in [1.54, 1.807) is 12.6 Å². The monoisotopic (exact) mass is 166 g/mol. The number of rotatable bonds is 0. The van der Waals surface area contributed by atoms with Crippen molar-refractivity contribution in [1.82, 2.24) is 0 Å². The standard InChI is InChI=1S/C7H8N2O.C2H6/c1-5-7-6(2-3-10-7)9-4-8-5;1-2/h2-5H,1H3,(H,8,9);1-2H3. The van der Waals surface area contributed by atoms with Crippen molar-refractivity contribution in [3.63, 3.8) is 0 Å². The van der Waals surface area contributed by atoms with Gasteiger partial charge in [0.05, 0.1) is 18.3 Å². The molecule has 3 heteroatoms. The summed E-state index contributed by atoms with van der Waals surface area (Å²) >= 11 is 0. The summed E-state index contributed by atoms with van der Waals surface area (Å²) in [7, 11) is 0. The van der Waals surface area contributed by atoms with Crippen molar-refractivity contribution in [2.45, 2.75) is 26.8 Å². The van der Waals surface area contributed by atoms with Gasteiger partial charge in [-0.3, -0.25) is 4.99 Å². The predicted octanol–water partition coefficient (Wildman–Crippen LogP) is 2.82. The number of anilines is 1. The molecule has 1 aromatic rings. The number of furan rings is 1. The Balaban J connectivity index is 0.000000336. The number of fused-ring (bicyclic) bond motifs is 1. The van der Waals surface area contributed by atoms with Gasteiger partial charge in [0.15, 0.2) is 5.76 Å². The minimum atomic E-state index is 0.159. The molecule has 1 aliphatic heterocycles. The first-order valence-electron chi connectivity index (χ1n) is 4.23. The highest BCUT2D eigenvalue weighted by Crippen LogP contribution is 2.28. The van der Waals surface area contributed by atoms with Crippen LogP contribution in [0, 0.1) is 0 Å². The van der Waals surface area contributed by atoms with Gasteiger partial charge < -0.3 is 9.73 Å². The summed E-state index contributed by atoms with van der Waals surface area (Å²) in [5.41, 5.74) is 1.03. The zero-order chi connectivity index (χ0) is 8.97. The van der Waals surface area contributed by atoms with Gasteiger partial charge in [-0.15, -0.1) is 0 Å². The predicted molar refractivity (Wildman–Crippen MR) is 50.6 cm³/mol. The van der Waals surface area contributed by atoms with Gasteiger partial charge in [-0.05, 0) is 6.92 Å². The van der Waals surface area contributed by atoms with E-state index >= 15 is 0 Å². The Morgan fingerprint density at radius 1 is 1.50 bits per heavy atom. The van der Waals surface area contributed by atoms with Crippen LogP contribution in [-0.4, -0.2) is 6.34 Å². The largest absolute Gasteiger partial charge is 0.465 e. The minimum absolute atomic E-state index is 0.159. The first-order chi connectivity index (χ1) is 5.88. The topological polar surface area (TPSA) is 37.5 Å². The average molecular weight is 166 g/mol. The molecule has 3 nitrogen and oxygen atoms in total. The molecule has 0 aliphatic carbocycles. The normalized spacial score (nSPS) is 18.8. The Morgan fingerprint density at radius 2 is 2.25 bits per heavy atom. The third kappa shape index (κ3) is 1.49. The molecule has 0 aromatic carbocycles. The van der Waals surface area contributed by atoms with Crippen LogP contribution >= 0.6 is 0 Å². The van der Waals surface area contributed by atoms with E-state index in [1.165, 1.54) is 0 Å². The lowest BCUT2D eigenvalue weighted by Gasteiger charge is -2.10. The van der Waals surface area contributed by atoms with E-state index < -0.39 is 0 Å². The van der Waals surface area contributed by atoms with Crippen LogP contribution in [0.1, 0.15) is 32.6 Å². The zero-order valence-electron chi connectivity index (χ0n) is 7.66. The second kappa shape index (κ2) is 3.95. The van der Waals surface area contributed by atoms with E-state index in [2.05, 4.69) is 10.3 Å². The third-order valence-corrected chi connectivity index (χ3v) is 1.59. The van der Waals surface area contributed by atoms with Gasteiger partial charge in [-0.2, -0.15) is 0 Å². The van der Waals surface area contributed by atoms with Crippen LogP contribution in [0.2, 0.25) is 0 Å². The molecule has 1 aliphatic rings. The van der Waals surface area contributed by atoms with E-state index in [0.717, 1.165) is 11.4 Å². The fourth-order valence-electron chi connectivity index (χ4n) is 1.05. The Bertz CT molecular complexity index is 265. The summed E-state index contributed by atoms with van der Waals surface area (Å²) < 4.78 is 5.19. The minimum Gasteiger partial charge on any atom is -0.465 e. The summed E-state index contributed by atoms with van der Waals surface area (Å²) in [6.45, 7) is 6.00. The van der Waals surface area contributed by atoms with Gasteiger partial charge in [0.2, 0.25) is 0 Å². The molecule has 66 valence electrons. The highest BCUT2D eigenvalue weighted by molar-refractivity contribution is 5.79. The molecule has 1 aromatic heterocycles. The average Bonchev–Trinajstić information content (AvgIpc) is 2.57. The van der Waals surface area contributed by atoms with Gasteiger partial charge >= 0.3 is 0 Å². The van der Waals surface area contributed by atoms with E-state index in [9.17, 15) is 0 Å². The Kier molecular flexibility index (Phi) is 2.91. The molecule has 1 N–H and O–H groups in total. The van der Waals surface area contributed by atoms with Crippen molar-refractivity contribution in [2.24, 2.45) is 4.99 Å². The highest BCUT2D eigenvalue weighted by atomic mass is 16.3. The van der Waals surface area contributed by atoms with Crippen LogP contribution in [0.15, 0.2) is 21.7 Å². The van der Waals surface area contributed by atoms with Crippen molar-refractivity contribution < 1.29 is 4.42 Å². The first-order valence-corrected chi connectivity index (χ1v) is 4.23. The van der Waals surface area contributed by atoms with Crippen LogP contribution in [0.5, 0.6) is 0 Å². The van der Waals surface area contributed by atoms with Gasteiger partial charge in [0, 0.05) is 6.07 Å². The van der Waals surface area contributed by atoms with E-state index in [0.29, 0.717) is 0 Å². The fraction of sp³-hybridized carbons (Fsp3) is 0.444. The Labute approximate surface area is 72.5 Å². The fourth-order valence-corrected chi connectivity index (χ4v) is 1.05. The molecular formula is C9H14N2O. The van der Waals surface area contributed by atoms with Crippen LogP contribution in [0.4, 0.5) is 5.69 Å². The molecule has 2 heterocycles. The molecule has 2 rings (SSSR count). The maximum Gasteiger partial charge on any atom is 0.151 e. The molecule has 0 fully saturated rings. The van der Waals surface area contributed by atoms with E-state index in [4.69, 9.17) is 4.42 Å².